The number of halogens is 1. The molecular weight excluding hydrogens is 350 g/mol. The van der Waals surface area contributed by atoms with Gasteiger partial charge in [-0.25, -0.2) is 4.98 Å². The minimum Gasteiger partial charge on any atom is -0.366 e. The van der Waals surface area contributed by atoms with Gasteiger partial charge in [0.25, 0.3) is 0 Å². The second-order valence-electron chi connectivity index (χ2n) is 6.42. The van der Waals surface area contributed by atoms with Crippen molar-refractivity contribution in [1.29, 1.82) is 0 Å². The number of aromatic nitrogens is 2. The normalized spacial score (nSPS) is 14.7. The number of primary amides is 1. The minimum atomic E-state index is -0.458. The fourth-order valence-corrected chi connectivity index (χ4v) is 3.59. The van der Waals surface area contributed by atoms with Crippen LogP contribution in [-0.2, 0) is 6.42 Å². The Balaban J connectivity index is 1.82. The Morgan fingerprint density at radius 1 is 1.19 bits per heavy atom. The molecule has 0 unspecified atom stereocenters. The predicted octanol–water partition coefficient (Wildman–Crippen LogP) is 2.32. The van der Waals surface area contributed by atoms with E-state index in [0.29, 0.717) is 17.0 Å². The van der Waals surface area contributed by atoms with Crippen LogP contribution in [0.2, 0.25) is 5.02 Å². The third kappa shape index (κ3) is 3.13. The van der Waals surface area contributed by atoms with Gasteiger partial charge in [-0.1, -0.05) is 29.8 Å². The molecule has 0 aliphatic carbocycles. The molecule has 1 fully saturated rings. The molecule has 26 heavy (non-hydrogen) atoms. The van der Waals surface area contributed by atoms with Crippen molar-refractivity contribution in [3.8, 4) is 0 Å². The fraction of sp³-hybridized carbons (Fsp3) is 0.263. The van der Waals surface area contributed by atoms with E-state index in [-0.39, 0.29) is 0 Å². The van der Waals surface area contributed by atoms with Crippen LogP contribution in [0.4, 0.5) is 5.95 Å². The Hall–Kier alpha value is -2.57. The number of hydrogen-bond acceptors (Lipinski definition) is 4. The molecule has 2 aromatic carbocycles. The number of piperazine rings is 1. The van der Waals surface area contributed by atoms with Crippen LogP contribution in [0.1, 0.15) is 21.5 Å². The highest BCUT2D eigenvalue weighted by atomic mass is 35.5. The van der Waals surface area contributed by atoms with Crippen molar-refractivity contribution >= 4 is 34.5 Å². The first-order valence-electron chi connectivity index (χ1n) is 8.64. The first-order chi connectivity index (χ1) is 12.6. The number of carbonyl (C=O) groups excluding carboxylic acids is 1. The van der Waals surface area contributed by atoms with Crippen molar-refractivity contribution in [1.82, 2.24) is 15.3 Å². The smallest absolute Gasteiger partial charge is 0.249 e. The van der Waals surface area contributed by atoms with Gasteiger partial charge < -0.3 is 20.9 Å². The summed E-state index contributed by atoms with van der Waals surface area (Å²) in [5.41, 5.74) is 9.51. The van der Waals surface area contributed by atoms with Crippen LogP contribution in [0, 0.1) is 0 Å². The van der Waals surface area contributed by atoms with Crippen molar-refractivity contribution in [2.75, 3.05) is 31.1 Å². The third-order valence-corrected chi connectivity index (χ3v) is 5.12. The summed E-state index contributed by atoms with van der Waals surface area (Å²) in [6, 6.07) is 11.2. The molecule has 1 saturated heterocycles. The van der Waals surface area contributed by atoms with E-state index in [2.05, 4.69) is 15.2 Å². The number of rotatable bonds is 4. The molecule has 134 valence electrons. The van der Waals surface area contributed by atoms with Crippen LogP contribution in [0.3, 0.4) is 0 Å². The Kier molecular flexibility index (Phi) is 4.53. The highest BCUT2D eigenvalue weighted by molar-refractivity contribution is 6.31. The van der Waals surface area contributed by atoms with Gasteiger partial charge in [0, 0.05) is 43.2 Å². The number of nitrogens with zero attached hydrogens (tertiary/aromatic N) is 2. The maximum absolute atomic E-state index is 12.0. The van der Waals surface area contributed by atoms with Gasteiger partial charge in [0.1, 0.15) is 0 Å². The van der Waals surface area contributed by atoms with Crippen molar-refractivity contribution in [3.05, 3.63) is 58.1 Å². The molecular formula is C19H20ClN5O. The Morgan fingerprint density at radius 2 is 1.96 bits per heavy atom. The molecule has 1 amide bonds. The van der Waals surface area contributed by atoms with Gasteiger partial charge in [-0.3, -0.25) is 4.79 Å². The van der Waals surface area contributed by atoms with E-state index in [0.717, 1.165) is 54.3 Å². The number of nitrogens with two attached hydrogens (primary N) is 1. The summed E-state index contributed by atoms with van der Waals surface area (Å²) in [6.07, 6.45) is 0.501. The Labute approximate surface area is 156 Å². The first-order valence-corrected chi connectivity index (χ1v) is 9.02. The van der Waals surface area contributed by atoms with Gasteiger partial charge in [0.2, 0.25) is 11.9 Å². The first kappa shape index (κ1) is 16.9. The largest absolute Gasteiger partial charge is 0.366 e. The topological polar surface area (TPSA) is 87.0 Å². The molecule has 4 N–H and O–H groups in total. The summed E-state index contributed by atoms with van der Waals surface area (Å²) in [7, 11) is 0. The average Bonchev–Trinajstić information content (AvgIpc) is 3.09. The molecule has 0 atom stereocenters. The molecule has 0 radical (unpaired) electrons. The highest BCUT2D eigenvalue weighted by Gasteiger charge is 2.19. The van der Waals surface area contributed by atoms with Crippen LogP contribution in [0.5, 0.6) is 0 Å². The monoisotopic (exact) mass is 369 g/mol. The second kappa shape index (κ2) is 6.97. The van der Waals surface area contributed by atoms with E-state index in [1.807, 2.05) is 30.3 Å². The molecule has 0 bridgehead atoms. The van der Waals surface area contributed by atoms with E-state index in [1.54, 1.807) is 6.07 Å². The molecule has 0 spiro atoms. The molecule has 3 aromatic rings. The zero-order valence-corrected chi connectivity index (χ0v) is 15.0. The van der Waals surface area contributed by atoms with E-state index in [1.165, 1.54) is 0 Å². The van der Waals surface area contributed by atoms with Crippen molar-refractivity contribution < 1.29 is 4.79 Å². The summed E-state index contributed by atoms with van der Waals surface area (Å²) < 4.78 is 0. The van der Waals surface area contributed by atoms with E-state index < -0.39 is 5.91 Å². The van der Waals surface area contributed by atoms with Gasteiger partial charge in [0.15, 0.2) is 0 Å². The van der Waals surface area contributed by atoms with Gasteiger partial charge >= 0.3 is 0 Å². The van der Waals surface area contributed by atoms with E-state index in [9.17, 15) is 4.79 Å². The standard InChI is InChI=1S/C19H20ClN5O/c20-15-4-2-1-3-12(15)11-14-13(18(21)26)5-6-16-17(14)24-19(23-16)25-9-7-22-8-10-25/h1-6,22H,7-11H2,(H2,21,26)(H,23,24). The zero-order chi connectivity index (χ0) is 18.1. The average molecular weight is 370 g/mol. The molecule has 1 aliphatic rings. The number of imidazole rings is 1. The number of hydrogen-bond donors (Lipinski definition) is 3. The van der Waals surface area contributed by atoms with Gasteiger partial charge in [0.05, 0.1) is 11.0 Å². The third-order valence-electron chi connectivity index (χ3n) is 4.75. The van der Waals surface area contributed by atoms with Gasteiger partial charge in [-0.15, -0.1) is 0 Å². The fourth-order valence-electron chi connectivity index (χ4n) is 3.39. The molecule has 1 aliphatic heterocycles. The Bertz CT molecular complexity index is 962. The van der Waals surface area contributed by atoms with Crippen molar-refractivity contribution in [2.24, 2.45) is 5.73 Å². The maximum atomic E-state index is 12.0. The number of nitrogens with one attached hydrogen (secondary N) is 2. The quantitative estimate of drug-likeness (QED) is 0.658. The lowest BCUT2D eigenvalue weighted by Crippen LogP contribution is -2.44. The second-order valence-corrected chi connectivity index (χ2v) is 6.82. The van der Waals surface area contributed by atoms with Crippen molar-refractivity contribution in [2.45, 2.75) is 6.42 Å². The number of benzene rings is 2. The molecule has 2 heterocycles. The number of fused-ring (bicyclic) bond motifs is 1. The Morgan fingerprint density at radius 3 is 2.69 bits per heavy atom. The molecule has 1 aromatic heterocycles. The highest BCUT2D eigenvalue weighted by Crippen LogP contribution is 2.28. The summed E-state index contributed by atoms with van der Waals surface area (Å²) in [5, 5.41) is 4.00. The van der Waals surface area contributed by atoms with Crippen LogP contribution in [0.25, 0.3) is 11.0 Å². The summed E-state index contributed by atoms with van der Waals surface area (Å²) >= 11 is 6.32. The maximum Gasteiger partial charge on any atom is 0.249 e. The van der Waals surface area contributed by atoms with Crippen LogP contribution in [-0.4, -0.2) is 42.1 Å². The van der Waals surface area contributed by atoms with E-state index >= 15 is 0 Å². The lowest BCUT2D eigenvalue weighted by molar-refractivity contribution is 0.0999. The summed E-state index contributed by atoms with van der Waals surface area (Å²) in [6.45, 7) is 3.64. The molecule has 6 nitrogen and oxygen atoms in total. The minimum absolute atomic E-state index is 0.458. The lowest BCUT2D eigenvalue weighted by atomic mass is 9.98. The van der Waals surface area contributed by atoms with Crippen LogP contribution in [0.15, 0.2) is 36.4 Å². The van der Waals surface area contributed by atoms with Gasteiger partial charge in [-0.05, 0) is 29.3 Å². The molecule has 0 saturated carbocycles. The number of anilines is 1. The van der Waals surface area contributed by atoms with Gasteiger partial charge in [-0.2, -0.15) is 0 Å². The summed E-state index contributed by atoms with van der Waals surface area (Å²) in [5.74, 6) is 0.365. The number of amides is 1. The van der Waals surface area contributed by atoms with E-state index in [4.69, 9.17) is 22.3 Å². The number of carbonyl (C=O) groups is 1. The number of aromatic amines is 1. The van der Waals surface area contributed by atoms with Crippen molar-refractivity contribution in [3.63, 3.8) is 0 Å². The summed E-state index contributed by atoms with van der Waals surface area (Å²) in [4.78, 5) is 22.4. The molecule has 4 rings (SSSR count). The zero-order valence-electron chi connectivity index (χ0n) is 14.3. The lowest BCUT2D eigenvalue weighted by Gasteiger charge is -2.26. The predicted molar refractivity (Wildman–Crippen MR) is 104 cm³/mol. The molecule has 7 heteroatoms. The number of H-pyrrole nitrogens is 1. The van der Waals surface area contributed by atoms with Crippen LogP contribution < -0.4 is 16.0 Å². The van der Waals surface area contributed by atoms with Crippen LogP contribution >= 0.6 is 11.6 Å². The SMILES string of the molecule is NC(=O)c1ccc2[nH]c(N3CCNCC3)nc2c1Cc1ccccc1Cl.